The number of rotatable bonds is 18. The summed E-state index contributed by atoms with van der Waals surface area (Å²) in [4.78, 5) is 0. The molecule has 0 bridgehead atoms. The molecule has 0 aromatic rings. The van der Waals surface area contributed by atoms with Gasteiger partial charge in [0, 0.05) is 32.0 Å². The van der Waals surface area contributed by atoms with E-state index in [-0.39, 0.29) is 6.10 Å². The summed E-state index contributed by atoms with van der Waals surface area (Å²) in [7, 11) is -2.64. The van der Waals surface area contributed by atoms with E-state index in [1.807, 2.05) is 0 Å². The molecule has 5 nitrogen and oxygen atoms in total. The summed E-state index contributed by atoms with van der Waals surface area (Å²) in [6.45, 7) is 12.4. The molecule has 0 N–H and O–H groups in total. The quantitative estimate of drug-likeness (QED) is 0.199. The second-order valence-electron chi connectivity index (χ2n) is 6.94. The van der Waals surface area contributed by atoms with E-state index in [4.69, 9.17) is 22.8 Å². The van der Waals surface area contributed by atoms with Crippen molar-refractivity contribution in [3.63, 3.8) is 0 Å². The van der Waals surface area contributed by atoms with Crippen LogP contribution in [0.1, 0.15) is 72.6 Å². The first-order chi connectivity index (χ1) is 12.2. The molecule has 0 spiro atoms. The van der Waals surface area contributed by atoms with Gasteiger partial charge in [-0.3, -0.25) is 0 Å². The SMILES string of the molecule is CCCCO[Si](CCCOCC1CO1)(OCCCC)OC(C)CCC. The van der Waals surface area contributed by atoms with Gasteiger partial charge in [0.05, 0.1) is 13.2 Å². The average Bonchev–Trinajstić information content (AvgIpc) is 3.39. The van der Waals surface area contributed by atoms with Gasteiger partial charge in [-0.2, -0.15) is 0 Å². The number of ether oxygens (including phenoxy) is 2. The molecule has 25 heavy (non-hydrogen) atoms. The molecule has 0 aromatic carbocycles. The topological polar surface area (TPSA) is 49.5 Å². The second kappa shape index (κ2) is 14.1. The first-order valence-electron chi connectivity index (χ1n) is 10.3. The van der Waals surface area contributed by atoms with E-state index in [9.17, 15) is 0 Å². The van der Waals surface area contributed by atoms with Crippen LogP contribution in [0.5, 0.6) is 0 Å². The Labute approximate surface area is 156 Å². The van der Waals surface area contributed by atoms with Crippen LogP contribution in [0.15, 0.2) is 0 Å². The molecule has 2 unspecified atom stereocenters. The smallest absolute Gasteiger partial charge is 0.379 e. The third-order valence-electron chi connectivity index (χ3n) is 4.19. The highest BCUT2D eigenvalue weighted by Gasteiger charge is 2.42. The molecule has 1 saturated heterocycles. The van der Waals surface area contributed by atoms with Gasteiger partial charge in [-0.05, 0) is 32.6 Å². The minimum absolute atomic E-state index is 0.181. The van der Waals surface area contributed by atoms with Crippen LogP contribution in [0.2, 0.25) is 6.04 Å². The Morgan fingerprint density at radius 3 is 2.12 bits per heavy atom. The number of epoxide rings is 1. The van der Waals surface area contributed by atoms with E-state index < -0.39 is 8.80 Å². The highest BCUT2D eigenvalue weighted by molar-refractivity contribution is 6.60. The van der Waals surface area contributed by atoms with Crippen LogP contribution in [0.4, 0.5) is 0 Å². The molecule has 150 valence electrons. The Kier molecular flexibility index (Phi) is 13.0. The molecule has 1 heterocycles. The Hall–Kier alpha value is 0.0169. The van der Waals surface area contributed by atoms with Gasteiger partial charge >= 0.3 is 8.80 Å². The van der Waals surface area contributed by atoms with Gasteiger partial charge in [-0.15, -0.1) is 0 Å². The molecule has 1 aliphatic heterocycles. The lowest BCUT2D eigenvalue weighted by Gasteiger charge is -2.32. The minimum Gasteiger partial charge on any atom is -0.379 e. The number of hydrogen-bond acceptors (Lipinski definition) is 5. The normalized spacial score (nSPS) is 18.5. The largest absolute Gasteiger partial charge is 0.501 e. The highest BCUT2D eigenvalue weighted by Crippen LogP contribution is 2.23. The van der Waals surface area contributed by atoms with E-state index in [1.54, 1.807) is 0 Å². The number of hydrogen-bond donors (Lipinski definition) is 0. The third-order valence-corrected chi connectivity index (χ3v) is 7.21. The Bertz CT molecular complexity index is 302. The van der Waals surface area contributed by atoms with Crippen molar-refractivity contribution in [2.45, 2.75) is 90.9 Å². The van der Waals surface area contributed by atoms with Crippen molar-refractivity contribution >= 4 is 8.80 Å². The standard InChI is InChI=1S/C19H40O5Si/c1-5-8-13-22-25(23-14-9-6-2,24-18(4)11-7-3)15-10-12-20-16-19-17-21-19/h18-19H,5-17H2,1-4H3. The molecule has 2 atom stereocenters. The zero-order valence-corrected chi connectivity index (χ0v) is 17.9. The molecule has 1 fully saturated rings. The first-order valence-corrected chi connectivity index (χ1v) is 12.2. The zero-order valence-electron chi connectivity index (χ0n) is 16.9. The van der Waals surface area contributed by atoms with Crippen LogP contribution in [-0.2, 0) is 22.8 Å². The minimum atomic E-state index is -2.64. The van der Waals surface area contributed by atoms with E-state index in [1.165, 1.54) is 0 Å². The second-order valence-corrected chi connectivity index (χ2v) is 9.62. The molecule has 0 amide bonds. The Balaban J connectivity index is 2.54. The van der Waals surface area contributed by atoms with Gasteiger partial charge in [0.2, 0.25) is 0 Å². The summed E-state index contributed by atoms with van der Waals surface area (Å²) in [5, 5.41) is 0. The van der Waals surface area contributed by atoms with Crippen LogP contribution >= 0.6 is 0 Å². The van der Waals surface area contributed by atoms with Crippen LogP contribution in [0, 0.1) is 0 Å². The summed E-state index contributed by atoms with van der Waals surface area (Å²) in [5.41, 5.74) is 0. The molecule has 0 radical (unpaired) electrons. The predicted octanol–water partition coefficient (Wildman–Crippen LogP) is 4.57. The fraction of sp³-hybridized carbons (Fsp3) is 1.00. The van der Waals surface area contributed by atoms with Gasteiger partial charge in [0.1, 0.15) is 6.10 Å². The van der Waals surface area contributed by atoms with Crippen molar-refractivity contribution in [2.75, 3.05) is 33.0 Å². The fourth-order valence-electron chi connectivity index (χ4n) is 2.60. The van der Waals surface area contributed by atoms with Crippen LogP contribution < -0.4 is 0 Å². The van der Waals surface area contributed by atoms with E-state index in [2.05, 4.69) is 27.7 Å². The molecular formula is C19H40O5Si. The predicted molar refractivity (Wildman–Crippen MR) is 103 cm³/mol. The van der Waals surface area contributed by atoms with Crippen molar-refractivity contribution in [3.8, 4) is 0 Å². The first kappa shape index (κ1) is 23.1. The Morgan fingerprint density at radius 1 is 0.960 bits per heavy atom. The molecule has 0 aromatic heterocycles. The lowest BCUT2D eigenvalue weighted by molar-refractivity contribution is 0.0250. The van der Waals surface area contributed by atoms with Gasteiger partial charge in [-0.1, -0.05) is 40.0 Å². The summed E-state index contributed by atoms with van der Waals surface area (Å²) < 4.78 is 29.9. The van der Waals surface area contributed by atoms with Crippen molar-refractivity contribution in [3.05, 3.63) is 0 Å². The van der Waals surface area contributed by atoms with Gasteiger partial charge in [-0.25, -0.2) is 0 Å². The van der Waals surface area contributed by atoms with E-state index in [0.717, 1.165) is 70.8 Å². The monoisotopic (exact) mass is 376 g/mol. The van der Waals surface area contributed by atoms with E-state index >= 15 is 0 Å². The zero-order chi connectivity index (χ0) is 18.4. The Morgan fingerprint density at radius 2 is 1.60 bits per heavy atom. The van der Waals surface area contributed by atoms with Crippen molar-refractivity contribution < 1.29 is 22.8 Å². The van der Waals surface area contributed by atoms with Gasteiger partial charge in [0.15, 0.2) is 0 Å². The molecule has 1 rings (SSSR count). The van der Waals surface area contributed by atoms with Gasteiger partial charge in [0.25, 0.3) is 0 Å². The maximum Gasteiger partial charge on any atom is 0.501 e. The van der Waals surface area contributed by atoms with Crippen molar-refractivity contribution in [2.24, 2.45) is 0 Å². The lowest BCUT2D eigenvalue weighted by atomic mass is 10.2. The molecule has 1 aliphatic rings. The molecule has 6 heteroatoms. The number of unbranched alkanes of at least 4 members (excludes halogenated alkanes) is 2. The fourth-order valence-corrected chi connectivity index (χ4v) is 5.44. The van der Waals surface area contributed by atoms with Crippen molar-refractivity contribution in [1.29, 1.82) is 0 Å². The summed E-state index contributed by atoms with van der Waals surface area (Å²) in [6.07, 6.45) is 7.90. The van der Waals surface area contributed by atoms with Crippen LogP contribution in [0.3, 0.4) is 0 Å². The lowest BCUT2D eigenvalue weighted by Crippen LogP contribution is -2.48. The summed E-state index contributed by atoms with van der Waals surface area (Å²) >= 11 is 0. The molecule has 0 aliphatic carbocycles. The summed E-state index contributed by atoms with van der Waals surface area (Å²) in [6, 6.07) is 0.833. The summed E-state index contributed by atoms with van der Waals surface area (Å²) in [5.74, 6) is 0. The van der Waals surface area contributed by atoms with Crippen LogP contribution in [-0.4, -0.2) is 54.0 Å². The maximum atomic E-state index is 6.43. The van der Waals surface area contributed by atoms with Gasteiger partial charge < -0.3 is 22.8 Å². The average molecular weight is 377 g/mol. The van der Waals surface area contributed by atoms with Crippen LogP contribution in [0.25, 0.3) is 0 Å². The molecule has 0 saturated carbocycles. The van der Waals surface area contributed by atoms with Crippen molar-refractivity contribution in [1.82, 2.24) is 0 Å². The molecular weight excluding hydrogens is 336 g/mol. The highest BCUT2D eigenvalue weighted by atomic mass is 28.4. The third kappa shape index (κ3) is 11.4. The van der Waals surface area contributed by atoms with E-state index in [0.29, 0.717) is 19.3 Å². The maximum absolute atomic E-state index is 6.43.